The molecule has 0 radical (unpaired) electrons. The Morgan fingerprint density at radius 2 is 0.490 bits per heavy atom. The predicted octanol–water partition coefficient (Wildman–Crippen LogP) is -0.795. The van der Waals surface area contributed by atoms with Gasteiger partial charge in [-0.15, -0.1) is 0 Å². The summed E-state index contributed by atoms with van der Waals surface area (Å²) in [6.45, 7) is 22.1. The largest absolute Gasteiger partial charge is 1.00 e. The van der Waals surface area contributed by atoms with Crippen LogP contribution in [0.5, 0.6) is 0 Å². The molecule has 0 rings (SSSR count). The molecule has 0 N–H and O–H groups in total. The van der Waals surface area contributed by atoms with E-state index >= 15 is 0 Å². The Bertz CT molecular complexity index is 586. The third-order valence-corrected chi connectivity index (χ3v) is 14.1. The van der Waals surface area contributed by atoms with E-state index in [0.29, 0.717) is 132 Å². The van der Waals surface area contributed by atoms with Crippen LogP contribution in [0.4, 0.5) is 0 Å². The third kappa shape index (κ3) is 45.9. The van der Waals surface area contributed by atoms with Crippen LogP contribution in [0.25, 0.3) is 0 Å². The molecule has 0 aliphatic heterocycles. The van der Waals surface area contributed by atoms with Gasteiger partial charge in [0.15, 0.2) is 16.6 Å². The van der Waals surface area contributed by atoms with Gasteiger partial charge in [-0.05, 0) is 51.1 Å². The number of rotatable bonds is 40. The Balaban J connectivity index is -0.0000106. The van der Waals surface area contributed by atoms with E-state index in [0.717, 1.165) is 38.1 Å². The van der Waals surface area contributed by atoms with Crippen LogP contribution in [0, 0.1) is 0 Å². The summed E-state index contributed by atoms with van der Waals surface area (Å²) >= 11 is 0. The third-order valence-electron chi connectivity index (χ3n) is 6.53. The van der Waals surface area contributed by atoms with Crippen molar-refractivity contribution in [3.8, 4) is 0 Å². The van der Waals surface area contributed by atoms with Crippen molar-refractivity contribution in [1.82, 2.24) is 0 Å². The van der Waals surface area contributed by atoms with Gasteiger partial charge >= 0.3 is 58.2 Å². The van der Waals surface area contributed by atoms with Gasteiger partial charge < -0.3 is 61.0 Å². The van der Waals surface area contributed by atoms with Gasteiger partial charge in [0.05, 0.1) is 132 Å². The molecule has 17 heteroatoms. The molecule has 0 amide bonds. The summed E-state index contributed by atoms with van der Waals surface area (Å²) in [6, 6.07) is 2.18. The average molecular weight is 819 g/mol. The minimum atomic E-state index is -1.74. The Hall–Kier alpha value is 1.78. The minimum Gasteiger partial charge on any atom is -0.455 e. The Morgan fingerprint density at radius 3 is 0.694 bits per heavy atom. The average Bonchev–Trinajstić information content (AvgIpc) is 3.03. The van der Waals surface area contributed by atoms with E-state index in [1.54, 1.807) is 14.2 Å². The van der Waals surface area contributed by atoms with Crippen LogP contribution in [0.2, 0.25) is 38.3 Å². The fourth-order valence-electron chi connectivity index (χ4n) is 4.30. The fourth-order valence-corrected chi connectivity index (χ4v) is 13.1. The second-order valence-electron chi connectivity index (χ2n) is 11.9. The molecular formula is C32H74BO13RbSi2. The maximum absolute atomic E-state index is 6.74. The second kappa shape index (κ2) is 42.5. The summed E-state index contributed by atoms with van der Waals surface area (Å²) in [5.41, 5.74) is 0. The van der Waals surface area contributed by atoms with Crippen molar-refractivity contribution in [2.45, 2.75) is 51.1 Å². The van der Waals surface area contributed by atoms with Crippen molar-refractivity contribution in [3.05, 3.63) is 0 Å². The number of hydrogen-bond donors (Lipinski definition) is 0. The van der Waals surface area contributed by atoms with Crippen LogP contribution in [0.1, 0.15) is 12.8 Å². The first-order chi connectivity index (χ1) is 22.8. The van der Waals surface area contributed by atoms with Gasteiger partial charge in [0.2, 0.25) is 0 Å². The van der Waals surface area contributed by atoms with Crippen LogP contribution in [0.3, 0.4) is 0 Å². The maximum atomic E-state index is 6.74. The number of methoxy groups -OCH3 is 2. The molecule has 0 spiro atoms. The fraction of sp³-hybridized carbons (Fsp3) is 1.00. The second-order valence-corrected chi connectivity index (χ2v) is 20.8. The normalized spacial score (nSPS) is 11.9. The first kappa shape index (κ1) is 55.1. The SMILES string of the molecule is COCCOCCOCCOCCOCCOCCC[Si](C)(C)O[Si](C)(C)CCCOCCOCCOCCOCCOCCOC.[BH4-].[Rb+]. The number of hydrogen-bond acceptors (Lipinski definition) is 13. The summed E-state index contributed by atoms with van der Waals surface area (Å²) in [5.74, 6) is 0. The topological polar surface area (TPSA) is 120 Å². The Labute approximate surface area is 351 Å². The monoisotopic (exact) mass is 818 g/mol. The molecule has 13 nitrogen and oxygen atoms in total. The van der Waals surface area contributed by atoms with Crippen molar-refractivity contribution < 1.29 is 119 Å². The van der Waals surface area contributed by atoms with Gasteiger partial charge in [-0.2, -0.15) is 0 Å². The van der Waals surface area contributed by atoms with Crippen LogP contribution in [0.15, 0.2) is 0 Å². The molecule has 0 heterocycles. The molecule has 0 bridgehead atoms. The predicted molar refractivity (Wildman–Crippen MR) is 198 cm³/mol. The first-order valence-electron chi connectivity index (χ1n) is 17.3. The van der Waals surface area contributed by atoms with Gasteiger partial charge in [0.1, 0.15) is 0 Å². The van der Waals surface area contributed by atoms with Crippen LogP contribution < -0.4 is 58.2 Å². The van der Waals surface area contributed by atoms with E-state index in [-0.39, 0.29) is 66.6 Å². The molecule has 0 unspecified atom stereocenters. The van der Waals surface area contributed by atoms with E-state index in [9.17, 15) is 0 Å². The summed E-state index contributed by atoms with van der Waals surface area (Å²) < 4.78 is 71.8. The molecular weight excluding hydrogens is 745 g/mol. The summed E-state index contributed by atoms with van der Waals surface area (Å²) in [5, 5.41) is 0. The maximum Gasteiger partial charge on any atom is 1.00 e. The van der Waals surface area contributed by atoms with Gasteiger partial charge in [0.25, 0.3) is 0 Å². The summed E-state index contributed by atoms with van der Waals surface area (Å²) in [4.78, 5) is 0. The van der Waals surface area contributed by atoms with Crippen molar-refractivity contribution >= 4 is 25.0 Å². The van der Waals surface area contributed by atoms with Crippen LogP contribution >= 0.6 is 0 Å². The molecule has 0 fully saturated rings. The minimum absolute atomic E-state index is 0. The van der Waals surface area contributed by atoms with Crippen molar-refractivity contribution in [3.63, 3.8) is 0 Å². The molecule has 49 heavy (non-hydrogen) atoms. The summed E-state index contributed by atoms with van der Waals surface area (Å²) in [7, 11) is -0.174. The smallest absolute Gasteiger partial charge is 0.455 e. The molecule has 0 aromatic carbocycles. The zero-order valence-electron chi connectivity index (χ0n) is 31.7. The Kier molecular flexibility index (Phi) is 47.8. The summed E-state index contributed by atoms with van der Waals surface area (Å²) in [6.07, 6.45) is 2.02. The van der Waals surface area contributed by atoms with Crippen molar-refractivity contribution in [1.29, 1.82) is 0 Å². The van der Waals surface area contributed by atoms with Crippen molar-refractivity contribution in [2.24, 2.45) is 0 Å². The van der Waals surface area contributed by atoms with E-state index in [1.165, 1.54) is 0 Å². The molecule has 0 aromatic rings. The van der Waals surface area contributed by atoms with Gasteiger partial charge in [-0.3, -0.25) is 0 Å². The van der Waals surface area contributed by atoms with Crippen molar-refractivity contribution in [2.75, 3.05) is 160 Å². The molecule has 0 saturated heterocycles. The van der Waals surface area contributed by atoms with Crippen LogP contribution in [-0.4, -0.2) is 185 Å². The zero-order chi connectivity index (χ0) is 34.6. The molecule has 292 valence electrons. The molecule has 0 aliphatic rings. The standard InChI is InChI=1S/C32H70O13Si2.BH4.Rb/c1-33-11-13-37-19-21-41-27-29-43-25-23-39-17-15-35-9-7-31-46(3,4)45-47(5,6)32-8-10-36-16-18-40-24-26-44-30-28-42-22-20-38-14-12-34-2;;/h7-32H2,1-6H3;1H4;/q;-1;+1. The van der Waals surface area contributed by atoms with Crippen LogP contribution in [-0.2, 0) is 61.0 Å². The molecule has 0 aromatic heterocycles. The molecule has 0 aliphatic carbocycles. The van der Waals surface area contributed by atoms with E-state index < -0.39 is 16.6 Å². The van der Waals surface area contributed by atoms with Gasteiger partial charge in [0, 0.05) is 27.4 Å². The van der Waals surface area contributed by atoms with E-state index in [2.05, 4.69) is 26.2 Å². The van der Waals surface area contributed by atoms with Gasteiger partial charge in [-0.1, -0.05) is 8.41 Å². The molecule has 0 saturated carbocycles. The Morgan fingerprint density at radius 1 is 0.306 bits per heavy atom. The van der Waals surface area contributed by atoms with Gasteiger partial charge in [-0.25, -0.2) is 0 Å². The first-order valence-corrected chi connectivity index (χ1v) is 23.5. The zero-order valence-corrected chi connectivity index (χ0v) is 38.6. The molecule has 0 atom stereocenters. The van der Waals surface area contributed by atoms with E-state index in [1.807, 2.05) is 0 Å². The quantitative estimate of drug-likeness (QED) is 0.0569. The van der Waals surface area contributed by atoms with E-state index in [4.69, 9.17) is 61.0 Å². The number of ether oxygens (including phenoxy) is 12.